The monoisotopic (exact) mass is 850 g/mol. The summed E-state index contributed by atoms with van der Waals surface area (Å²) in [5.41, 5.74) is 19.5. The molecule has 14 rings (SSSR count). The number of benzene rings is 9. The van der Waals surface area contributed by atoms with Crippen molar-refractivity contribution in [2.24, 2.45) is 5.92 Å². The zero-order valence-corrected chi connectivity index (χ0v) is 36.2. The molecule has 4 heteroatoms. The van der Waals surface area contributed by atoms with Gasteiger partial charge in [-0.2, -0.15) is 10.5 Å². The number of rotatable bonds is 4. The fourth-order valence-corrected chi connectivity index (χ4v) is 12.3. The van der Waals surface area contributed by atoms with Gasteiger partial charge in [-0.3, -0.25) is 0 Å². The van der Waals surface area contributed by atoms with E-state index in [1.54, 1.807) is 0 Å². The third-order valence-electron chi connectivity index (χ3n) is 15.0. The summed E-state index contributed by atoms with van der Waals surface area (Å²) in [5.74, 6) is 0.0352. The second-order valence-electron chi connectivity index (χ2n) is 18.2. The Kier molecular flexibility index (Phi) is 7.83. The van der Waals surface area contributed by atoms with Crippen LogP contribution in [0.25, 0.3) is 88.4 Å². The second-order valence-corrected chi connectivity index (χ2v) is 18.2. The predicted octanol–water partition coefficient (Wildman–Crippen LogP) is 15.1. The quantitative estimate of drug-likeness (QED) is 0.177. The molecule has 0 amide bonds. The van der Waals surface area contributed by atoms with Gasteiger partial charge < -0.3 is 9.13 Å². The van der Waals surface area contributed by atoms with Crippen LogP contribution in [0.4, 0.5) is 0 Å². The van der Waals surface area contributed by atoms with Crippen LogP contribution in [0.5, 0.6) is 0 Å². The fraction of sp³-hybridized carbons (Fsp3) is 0.0476. The molecule has 0 N–H and O–H groups in total. The topological polar surface area (TPSA) is 57.4 Å². The van der Waals surface area contributed by atoms with Crippen LogP contribution in [0, 0.1) is 28.6 Å². The molecule has 0 fully saturated rings. The van der Waals surface area contributed by atoms with Crippen molar-refractivity contribution >= 4 is 43.6 Å². The van der Waals surface area contributed by atoms with Crippen LogP contribution in [0.15, 0.2) is 224 Å². The summed E-state index contributed by atoms with van der Waals surface area (Å²) in [6.07, 6.45) is 6.37. The Morgan fingerprint density at radius 3 is 1.60 bits per heavy atom. The zero-order valence-electron chi connectivity index (χ0n) is 36.2. The third-order valence-corrected chi connectivity index (χ3v) is 15.0. The maximum atomic E-state index is 10.2. The van der Waals surface area contributed by atoms with Crippen molar-refractivity contribution in [1.29, 1.82) is 10.5 Å². The summed E-state index contributed by atoms with van der Waals surface area (Å²) >= 11 is 0. The molecule has 3 aliphatic rings. The first-order valence-corrected chi connectivity index (χ1v) is 22.9. The molecular weight excluding hydrogens is 813 g/mol. The van der Waals surface area contributed by atoms with Gasteiger partial charge in [-0.15, -0.1) is 0 Å². The number of hydrogen-bond donors (Lipinski definition) is 0. The molecule has 310 valence electrons. The van der Waals surface area contributed by atoms with E-state index in [9.17, 15) is 10.5 Å². The summed E-state index contributed by atoms with van der Waals surface area (Å²) < 4.78 is 4.76. The lowest BCUT2D eigenvalue weighted by atomic mass is 9.64. The number of para-hydroxylation sites is 3. The van der Waals surface area contributed by atoms with Crippen molar-refractivity contribution in [1.82, 2.24) is 9.13 Å². The third kappa shape index (κ3) is 5.16. The molecule has 2 heterocycles. The number of nitrogens with zero attached hydrogens (tertiary/aromatic N) is 4. The number of hydrogen-bond acceptors (Lipinski definition) is 2. The average Bonchev–Trinajstić information content (AvgIpc) is 4.09. The SMILES string of the molecule is N#CC1=C[C@H]2C(C=C1)c1ccc(C#N)cc1C21c2ccccc2-c2ccc(-c3ccc4c(c3)c3cc(-c5ccc6c(c5)c5ccccc5n6-c5ccccc5)ccc3n4-c3ccccc3)cc21. The molecule has 0 radical (unpaired) electrons. The summed E-state index contributed by atoms with van der Waals surface area (Å²) in [6.45, 7) is 0. The maximum absolute atomic E-state index is 10.2. The highest BCUT2D eigenvalue weighted by Gasteiger charge is 2.57. The predicted molar refractivity (Wildman–Crippen MR) is 272 cm³/mol. The van der Waals surface area contributed by atoms with Gasteiger partial charge in [0.1, 0.15) is 0 Å². The van der Waals surface area contributed by atoms with E-state index in [1.807, 2.05) is 12.1 Å². The Morgan fingerprint density at radius 1 is 0.418 bits per heavy atom. The minimum absolute atomic E-state index is 0.0346. The number of fused-ring (bicyclic) bond motifs is 16. The first kappa shape index (κ1) is 37.4. The van der Waals surface area contributed by atoms with E-state index in [1.165, 1.54) is 71.5 Å². The molecule has 9 aromatic carbocycles. The van der Waals surface area contributed by atoms with Crippen LogP contribution in [0.1, 0.15) is 33.7 Å². The number of aromatic nitrogens is 2. The van der Waals surface area contributed by atoms with Gasteiger partial charge in [0.2, 0.25) is 0 Å². The van der Waals surface area contributed by atoms with Gasteiger partial charge in [-0.25, -0.2) is 0 Å². The van der Waals surface area contributed by atoms with E-state index in [-0.39, 0.29) is 11.8 Å². The highest BCUT2D eigenvalue weighted by Crippen LogP contribution is 2.66. The lowest BCUT2D eigenvalue weighted by molar-refractivity contribution is 0.464. The molecule has 4 nitrogen and oxygen atoms in total. The Morgan fingerprint density at radius 2 is 0.955 bits per heavy atom. The van der Waals surface area contributed by atoms with Crippen molar-refractivity contribution in [3.8, 4) is 56.9 Å². The molecule has 0 saturated heterocycles. The Balaban J connectivity index is 0.971. The van der Waals surface area contributed by atoms with Gasteiger partial charge in [-0.05, 0) is 147 Å². The lowest BCUT2D eigenvalue weighted by Gasteiger charge is -2.36. The van der Waals surface area contributed by atoms with Crippen molar-refractivity contribution in [3.05, 3.63) is 252 Å². The lowest BCUT2D eigenvalue weighted by Crippen LogP contribution is -2.33. The smallest absolute Gasteiger partial charge is 0.0991 e. The van der Waals surface area contributed by atoms with Crippen LogP contribution < -0.4 is 0 Å². The molecule has 0 aliphatic heterocycles. The van der Waals surface area contributed by atoms with E-state index in [0.29, 0.717) is 11.1 Å². The van der Waals surface area contributed by atoms with Gasteiger partial charge in [0.05, 0.1) is 45.2 Å². The van der Waals surface area contributed by atoms with Crippen LogP contribution in [0.3, 0.4) is 0 Å². The molecule has 2 aromatic heterocycles. The first-order valence-electron chi connectivity index (χ1n) is 22.9. The first-order chi connectivity index (χ1) is 33.1. The molecular formula is C63H38N4. The Labute approximate surface area is 387 Å². The second kappa shape index (κ2) is 14.0. The number of nitriles is 2. The van der Waals surface area contributed by atoms with Crippen molar-refractivity contribution < 1.29 is 0 Å². The van der Waals surface area contributed by atoms with E-state index in [4.69, 9.17) is 0 Å². The normalized spacial score (nSPS) is 17.6. The van der Waals surface area contributed by atoms with Crippen molar-refractivity contribution in [3.63, 3.8) is 0 Å². The fourth-order valence-electron chi connectivity index (χ4n) is 12.3. The minimum Gasteiger partial charge on any atom is -0.309 e. The van der Waals surface area contributed by atoms with Gasteiger partial charge in [-0.1, -0.05) is 127 Å². The van der Waals surface area contributed by atoms with E-state index in [0.717, 1.165) is 39.1 Å². The summed E-state index contributed by atoms with van der Waals surface area (Å²) in [7, 11) is 0. The summed E-state index contributed by atoms with van der Waals surface area (Å²) in [4.78, 5) is 0. The van der Waals surface area contributed by atoms with Gasteiger partial charge in [0.25, 0.3) is 0 Å². The van der Waals surface area contributed by atoms with E-state index >= 15 is 0 Å². The van der Waals surface area contributed by atoms with E-state index < -0.39 is 5.41 Å². The summed E-state index contributed by atoms with van der Waals surface area (Å²) in [5, 5.41) is 25.3. The average molecular weight is 851 g/mol. The molecule has 67 heavy (non-hydrogen) atoms. The largest absolute Gasteiger partial charge is 0.309 e. The molecule has 1 spiro atoms. The van der Waals surface area contributed by atoms with Crippen LogP contribution in [-0.2, 0) is 5.41 Å². The standard InChI is InChI=1S/C63H38N4/c64-37-39-19-25-48-49-26-20-40(38-65)32-57(49)63(56(48)31-39)55-17-9-7-15-47(55)50-27-21-44(36-58(50)63)43-24-30-62-54(35-43)53-34-42(23-29-61(53)67(62)46-13-5-2-6-14-46)41-22-28-60-52(33-41)51-16-8-10-18-59(51)66(60)45-11-3-1-4-12-45/h1-36,48,56H/t48?,56-,63?/m0/s1. The molecule has 3 aliphatic carbocycles. The van der Waals surface area contributed by atoms with Crippen molar-refractivity contribution in [2.45, 2.75) is 11.3 Å². The molecule has 3 atom stereocenters. The Bertz CT molecular complexity index is 4080. The highest BCUT2D eigenvalue weighted by atomic mass is 15.0. The van der Waals surface area contributed by atoms with Crippen LogP contribution >= 0.6 is 0 Å². The maximum Gasteiger partial charge on any atom is 0.0991 e. The zero-order chi connectivity index (χ0) is 44.4. The highest BCUT2D eigenvalue weighted by molar-refractivity contribution is 6.13. The number of allylic oxidation sites excluding steroid dienone is 4. The van der Waals surface area contributed by atoms with Gasteiger partial charge in [0.15, 0.2) is 0 Å². The van der Waals surface area contributed by atoms with Crippen molar-refractivity contribution in [2.75, 3.05) is 0 Å². The molecule has 0 saturated carbocycles. The Hall–Kier alpha value is -8.96. The van der Waals surface area contributed by atoms with Crippen LogP contribution in [-0.4, -0.2) is 9.13 Å². The van der Waals surface area contributed by atoms with Gasteiger partial charge >= 0.3 is 0 Å². The minimum atomic E-state index is -0.585. The molecule has 11 aromatic rings. The molecule has 0 bridgehead atoms. The molecule has 2 unspecified atom stereocenters. The van der Waals surface area contributed by atoms with Crippen LogP contribution in [0.2, 0.25) is 0 Å². The van der Waals surface area contributed by atoms with Gasteiger partial charge in [0, 0.05) is 50.3 Å². The summed E-state index contributed by atoms with van der Waals surface area (Å²) in [6, 6.07) is 77.6. The van der Waals surface area contributed by atoms with E-state index in [2.05, 4.69) is 228 Å².